The largest absolute Gasteiger partial charge is 0.332 e. The summed E-state index contributed by atoms with van der Waals surface area (Å²) < 4.78 is 1.88. The van der Waals surface area contributed by atoms with Crippen LogP contribution in [0.15, 0.2) is 36.8 Å². The molecule has 0 fully saturated rings. The predicted octanol–water partition coefficient (Wildman–Crippen LogP) is 2.81. The summed E-state index contributed by atoms with van der Waals surface area (Å²) in [6, 6.07) is 5.86. The summed E-state index contributed by atoms with van der Waals surface area (Å²) in [5, 5.41) is 10.2. The minimum absolute atomic E-state index is 0.0174. The van der Waals surface area contributed by atoms with Gasteiger partial charge >= 0.3 is 6.03 Å². The number of nitrogens with one attached hydrogen (secondary N) is 2. The fourth-order valence-electron chi connectivity index (χ4n) is 2.16. The summed E-state index contributed by atoms with van der Waals surface area (Å²) >= 11 is 0. The van der Waals surface area contributed by atoms with Gasteiger partial charge in [-0.1, -0.05) is 6.92 Å². The number of pyridine rings is 1. The van der Waals surface area contributed by atoms with Crippen molar-refractivity contribution in [1.82, 2.24) is 25.4 Å². The van der Waals surface area contributed by atoms with Gasteiger partial charge in [0.1, 0.15) is 0 Å². The second kappa shape index (κ2) is 7.59. The Balaban J connectivity index is 1.86. The molecule has 0 saturated carbocycles. The van der Waals surface area contributed by atoms with Gasteiger partial charge in [0, 0.05) is 24.6 Å². The molecule has 0 saturated heterocycles. The Morgan fingerprint density at radius 3 is 2.59 bits per heavy atom. The minimum Gasteiger partial charge on any atom is -0.332 e. The van der Waals surface area contributed by atoms with Crippen LogP contribution in [-0.2, 0) is 6.54 Å². The summed E-state index contributed by atoms with van der Waals surface area (Å²) in [4.78, 5) is 16.0. The molecule has 0 unspecified atom stereocenters. The molecule has 0 spiro atoms. The van der Waals surface area contributed by atoms with Gasteiger partial charge in [-0.25, -0.2) is 4.79 Å². The molecule has 6 nitrogen and oxygen atoms in total. The average Bonchev–Trinajstić information content (AvgIpc) is 3.01. The highest BCUT2D eigenvalue weighted by Gasteiger charge is 2.12. The Morgan fingerprint density at radius 1 is 1.27 bits per heavy atom. The van der Waals surface area contributed by atoms with Crippen molar-refractivity contribution in [2.75, 3.05) is 0 Å². The molecule has 0 aliphatic carbocycles. The standard InChI is InChI=1S/C16H23N5O/c1-4-15(13-5-8-17-9-6-13)19-16(22)18-11-14-7-10-21(20-14)12(2)3/h5-10,12,15H,4,11H2,1-3H3,(H2,18,19,22)/t15-/m1/s1. The zero-order valence-corrected chi connectivity index (χ0v) is 13.3. The maximum Gasteiger partial charge on any atom is 0.315 e. The molecule has 22 heavy (non-hydrogen) atoms. The van der Waals surface area contributed by atoms with Gasteiger partial charge in [-0.2, -0.15) is 5.10 Å². The van der Waals surface area contributed by atoms with E-state index in [1.54, 1.807) is 12.4 Å². The number of nitrogens with zero attached hydrogens (tertiary/aromatic N) is 3. The van der Waals surface area contributed by atoms with Gasteiger partial charge in [-0.15, -0.1) is 0 Å². The first-order chi connectivity index (χ1) is 10.6. The van der Waals surface area contributed by atoms with Crippen molar-refractivity contribution in [3.8, 4) is 0 Å². The third kappa shape index (κ3) is 4.31. The van der Waals surface area contributed by atoms with E-state index in [0.717, 1.165) is 17.7 Å². The third-order valence-electron chi connectivity index (χ3n) is 3.44. The van der Waals surface area contributed by atoms with E-state index in [-0.39, 0.29) is 12.1 Å². The van der Waals surface area contributed by atoms with E-state index in [0.29, 0.717) is 12.6 Å². The monoisotopic (exact) mass is 301 g/mol. The number of carbonyl (C=O) groups is 1. The van der Waals surface area contributed by atoms with Crippen LogP contribution in [0.2, 0.25) is 0 Å². The lowest BCUT2D eigenvalue weighted by atomic mass is 10.1. The van der Waals surface area contributed by atoms with E-state index < -0.39 is 0 Å². The average molecular weight is 301 g/mol. The van der Waals surface area contributed by atoms with Crippen LogP contribution < -0.4 is 10.6 Å². The molecule has 0 radical (unpaired) electrons. The molecular weight excluding hydrogens is 278 g/mol. The minimum atomic E-state index is -0.192. The van der Waals surface area contributed by atoms with Crippen LogP contribution in [0.3, 0.4) is 0 Å². The van der Waals surface area contributed by atoms with Crippen molar-refractivity contribution < 1.29 is 4.79 Å². The normalized spacial score (nSPS) is 12.2. The van der Waals surface area contributed by atoms with Crippen molar-refractivity contribution in [1.29, 1.82) is 0 Å². The van der Waals surface area contributed by atoms with Crippen LogP contribution in [0.25, 0.3) is 0 Å². The highest BCUT2D eigenvalue weighted by Crippen LogP contribution is 2.14. The Bertz CT molecular complexity index is 594. The van der Waals surface area contributed by atoms with E-state index in [1.807, 2.05) is 36.0 Å². The molecule has 2 heterocycles. The van der Waals surface area contributed by atoms with Gasteiger partial charge in [-0.3, -0.25) is 9.67 Å². The van der Waals surface area contributed by atoms with Crippen LogP contribution in [0.4, 0.5) is 4.79 Å². The number of rotatable bonds is 6. The maximum atomic E-state index is 12.0. The molecule has 2 rings (SSSR count). The molecular formula is C16H23N5O. The first-order valence-corrected chi connectivity index (χ1v) is 7.58. The highest BCUT2D eigenvalue weighted by molar-refractivity contribution is 5.74. The van der Waals surface area contributed by atoms with Crippen LogP contribution in [0.1, 0.15) is 50.5 Å². The van der Waals surface area contributed by atoms with Crippen molar-refractivity contribution in [3.05, 3.63) is 48.0 Å². The Kier molecular flexibility index (Phi) is 5.52. The SMILES string of the molecule is CC[C@@H](NC(=O)NCc1ccn(C(C)C)n1)c1ccncc1. The fourth-order valence-corrected chi connectivity index (χ4v) is 2.16. The second-order valence-electron chi connectivity index (χ2n) is 5.45. The van der Waals surface area contributed by atoms with Crippen LogP contribution in [0, 0.1) is 0 Å². The third-order valence-corrected chi connectivity index (χ3v) is 3.44. The molecule has 118 valence electrons. The topological polar surface area (TPSA) is 71.8 Å². The second-order valence-corrected chi connectivity index (χ2v) is 5.45. The molecule has 0 aromatic carbocycles. The van der Waals surface area contributed by atoms with E-state index in [4.69, 9.17) is 0 Å². The summed E-state index contributed by atoms with van der Waals surface area (Å²) in [5.41, 5.74) is 1.90. The van der Waals surface area contributed by atoms with Crippen LogP contribution >= 0.6 is 0 Å². The first-order valence-electron chi connectivity index (χ1n) is 7.58. The van der Waals surface area contributed by atoms with Crippen LogP contribution in [0.5, 0.6) is 0 Å². The lowest BCUT2D eigenvalue weighted by Gasteiger charge is -2.17. The van der Waals surface area contributed by atoms with E-state index in [1.165, 1.54) is 0 Å². The summed E-state index contributed by atoms with van der Waals surface area (Å²) in [5.74, 6) is 0. The Morgan fingerprint density at radius 2 is 2.00 bits per heavy atom. The van der Waals surface area contributed by atoms with Crippen LogP contribution in [-0.4, -0.2) is 20.8 Å². The Labute approximate surface area is 130 Å². The highest BCUT2D eigenvalue weighted by atomic mass is 16.2. The van der Waals surface area contributed by atoms with E-state index in [2.05, 4.69) is 34.6 Å². The lowest BCUT2D eigenvalue weighted by molar-refractivity contribution is 0.236. The van der Waals surface area contributed by atoms with Gasteiger partial charge in [0.05, 0.1) is 18.3 Å². The van der Waals surface area contributed by atoms with Gasteiger partial charge in [0.15, 0.2) is 0 Å². The van der Waals surface area contributed by atoms with Gasteiger partial charge in [-0.05, 0) is 44.0 Å². The van der Waals surface area contributed by atoms with Gasteiger partial charge in [0.2, 0.25) is 0 Å². The van der Waals surface area contributed by atoms with Crippen molar-refractivity contribution in [2.45, 2.75) is 45.8 Å². The first kappa shape index (κ1) is 16.0. The fraction of sp³-hybridized carbons (Fsp3) is 0.438. The van der Waals surface area contributed by atoms with Gasteiger partial charge in [0.25, 0.3) is 0 Å². The molecule has 1 atom stereocenters. The predicted molar refractivity (Wildman–Crippen MR) is 85.3 cm³/mol. The quantitative estimate of drug-likeness (QED) is 0.861. The molecule has 0 bridgehead atoms. The summed E-state index contributed by atoms with van der Waals surface area (Å²) in [6.07, 6.45) is 6.21. The molecule has 0 aliphatic heterocycles. The molecule has 2 aromatic heterocycles. The van der Waals surface area contributed by atoms with Crippen molar-refractivity contribution in [3.63, 3.8) is 0 Å². The van der Waals surface area contributed by atoms with Crippen molar-refractivity contribution in [2.24, 2.45) is 0 Å². The maximum absolute atomic E-state index is 12.0. The zero-order chi connectivity index (χ0) is 15.9. The van der Waals surface area contributed by atoms with Gasteiger partial charge < -0.3 is 10.6 Å². The molecule has 2 N–H and O–H groups in total. The number of aromatic nitrogens is 3. The summed E-state index contributed by atoms with van der Waals surface area (Å²) in [6.45, 7) is 6.59. The molecule has 6 heteroatoms. The molecule has 2 aromatic rings. The van der Waals surface area contributed by atoms with Crippen molar-refractivity contribution >= 4 is 6.03 Å². The smallest absolute Gasteiger partial charge is 0.315 e. The molecule has 2 amide bonds. The summed E-state index contributed by atoms with van der Waals surface area (Å²) in [7, 11) is 0. The zero-order valence-electron chi connectivity index (χ0n) is 13.3. The Hall–Kier alpha value is -2.37. The van der Waals surface area contributed by atoms with E-state index in [9.17, 15) is 4.79 Å². The van der Waals surface area contributed by atoms with E-state index >= 15 is 0 Å². The molecule has 0 aliphatic rings. The number of urea groups is 1. The number of hydrogen-bond donors (Lipinski definition) is 2. The number of hydrogen-bond acceptors (Lipinski definition) is 3. The lowest BCUT2D eigenvalue weighted by Crippen LogP contribution is -2.37. The number of carbonyl (C=O) groups excluding carboxylic acids is 1. The number of amides is 2.